The van der Waals surface area contributed by atoms with E-state index in [-0.39, 0.29) is 23.0 Å². The van der Waals surface area contributed by atoms with E-state index in [1.165, 1.54) is 38.5 Å². The van der Waals surface area contributed by atoms with Crippen molar-refractivity contribution in [3.05, 3.63) is 34.4 Å². The van der Waals surface area contributed by atoms with Crippen LogP contribution in [0.4, 0.5) is 0 Å². The topological polar surface area (TPSA) is 68.3 Å². The molecule has 0 spiro atoms. The summed E-state index contributed by atoms with van der Waals surface area (Å²) in [4.78, 5) is 0. The summed E-state index contributed by atoms with van der Waals surface area (Å²) in [5.41, 5.74) is 4.00. The van der Waals surface area contributed by atoms with E-state index in [4.69, 9.17) is 0 Å². The van der Waals surface area contributed by atoms with Crippen LogP contribution in [0.15, 0.2) is 12.1 Å². The van der Waals surface area contributed by atoms with E-state index >= 15 is 0 Å². The van der Waals surface area contributed by atoms with Crippen LogP contribution < -0.4 is 0 Å². The normalized spacial score (nSPS) is 24.0. The Morgan fingerprint density at radius 3 is 0.972 bits per heavy atom. The van der Waals surface area contributed by atoms with Crippen LogP contribution in [0.2, 0.25) is 0 Å². The van der Waals surface area contributed by atoms with Crippen LogP contribution in [0.25, 0.3) is 0 Å². The van der Waals surface area contributed by atoms with Gasteiger partial charge in [0, 0.05) is 0 Å². The molecular weight excluding hydrogens is 488 g/mol. The second kappa shape index (κ2) is 15.5. The molecule has 0 saturated heterocycles. The molecule has 1 aliphatic heterocycles. The van der Waals surface area contributed by atoms with Gasteiger partial charge in [-0.05, 0) is 60.8 Å². The molecule has 1 aromatic carbocycles. The van der Waals surface area contributed by atoms with Crippen LogP contribution in [0.1, 0.15) is 138 Å². The number of fused-ring (bicyclic) bond motifs is 11. The van der Waals surface area contributed by atoms with Gasteiger partial charge in [-0.25, -0.2) is 16.8 Å². The second-order valence-electron chi connectivity index (χ2n) is 11.4. The van der Waals surface area contributed by atoms with Crippen LogP contribution in [0, 0.1) is 0 Å². The third-order valence-corrected chi connectivity index (χ3v) is 11.4. The smallest absolute Gasteiger partial charge is 0.154 e. The van der Waals surface area contributed by atoms with Gasteiger partial charge < -0.3 is 0 Å². The van der Waals surface area contributed by atoms with Gasteiger partial charge >= 0.3 is 0 Å². The first kappa shape index (κ1) is 29.7. The van der Waals surface area contributed by atoms with Crippen LogP contribution in [-0.2, 0) is 44.0 Å². The predicted octanol–water partition coefficient (Wildman–Crippen LogP) is 7.65. The van der Waals surface area contributed by atoms with E-state index in [1.54, 1.807) is 0 Å². The summed E-state index contributed by atoms with van der Waals surface area (Å²) in [5, 5.41) is 0. The van der Waals surface area contributed by atoms with Crippen molar-refractivity contribution in [1.29, 1.82) is 0 Å². The highest BCUT2D eigenvalue weighted by atomic mass is 32.2. The maximum atomic E-state index is 13.1. The summed E-state index contributed by atoms with van der Waals surface area (Å²) in [6.45, 7) is 0. The Kier molecular flexibility index (Phi) is 12.8. The fourth-order valence-corrected chi connectivity index (χ4v) is 8.96. The molecule has 6 heteroatoms. The maximum Gasteiger partial charge on any atom is 0.154 e. The zero-order chi connectivity index (χ0) is 25.7. The zero-order valence-electron chi connectivity index (χ0n) is 22.6. The van der Waals surface area contributed by atoms with Crippen molar-refractivity contribution < 1.29 is 16.8 Å². The molecule has 1 heterocycles. The molecule has 0 aromatic heterocycles. The molecule has 206 valence electrons. The van der Waals surface area contributed by atoms with Crippen LogP contribution in [0.5, 0.6) is 0 Å². The number of rotatable bonds is 0. The minimum Gasteiger partial charge on any atom is -0.228 e. The summed E-state index contributed by atoms with van der Waals surface area (Å²) >= 11 is 0. The van der Waals surface area contributed by atoms with Gasteiger partial charge in [0.05, 0.1) is 23.0 Å². The Bertz CT molecular complexity index is 914. The first-order valence-electron chi connectivity index (χ1n) is 14.9. The first-order valence-corrected chi connectivity index (χ1v) is 18.5. The Balaban J connectivity index is 1.93. The molecular formula is C30H50O4S2. The van der Waals surface area contributed by atoms with Gasteiger partial charge in [0.2, 0.25) is 0 Å². The van der Waals surface area contributed by atoms with Gasteiger partial charge in [-0.2, -0.15) is 0 Å². The van der Waals surface area contributed by atoms with E-state index in [1.807, 2.05) is 0 Å². The van der Waals surface area contributed by atoms with E-state index in [2.05, 4.69) is 12.1 Å². The molecule has 4 rings (SSSR count). The van der Waals surface area contributed by atoms with Crippen molar-refractivity contribution in [1.82, 2.24) is 0 Å². The molecule has 0 atom stereocenters. The summed E-state index contributed by atoms with van der Waals surface area (Å²) in [6.07, 6.45) is 21.5. The lowest BCUT2D eigenvalue weighted by atomic mass is 9.93. The Morgan fingerprint density at radius 2 is 0.639 bits per heavy atom. The van der Waals surface area contributed by atoms with Gasteiger partial charge in [-0.3, -0.25) is 0 Å². The molecule has 0 amide bonds. The first-order chi connectivity index (χ1) is 17.3. The zero-order valence-corrected chi connectivity index (χ0v) is 24.2. The monoisotopic (exact) mass is 538 g/mol. The number of benzene rings is 1. The van der Waals surface area contributed by atoms with Gasteiger partial charge in [0.25, 0.3) is 0 Å². The molecule has 36 heavy (non-hydrogen) atoms. The van der Waals surface area contributed by atoms with Crippen LogP contribution in [-0.4, -0.2) is 28.3 Å². The summed E-state index contributed by atoms with van der Waals surface area (Å²) in [5.74, 6) is 0.723. The van der Waals surface area contributed by atoms with Crippen molar-refractivity contribution in [2.75, 3.05) is 11.5 Å². The number of aryl methyl sites for hydroxylation is 2. The van der Waals surface area contributed by atoms with Crippen molar-refractivity contribution in [2.24, 2.45) is 0 Å². The number of hydrogen-bond acceptors (Lipinski definition) is 4. The lowest BCUT2D eigenvalue weighted by Gasteiger charge is -2.18. The van der Waals surface area contributed by atoms with E-state index < -0.39 is 19.7 Å². The SMILES string of the molecule is O=S1(=O)CCCCCCCCCCS(=O)(=O)Cc2cc3c(cc2CCCCCCCCCCCC3)C1. The highest BCUT2D eigenvalue weighted by Crippen LogP contribution is 2.27. The number of sulfone groups is 2. The quantitative estimate of drug-likeness (QED) is 0.340. The van der Waals surface area contributed by atoms with Crippen LogP contribution >= 0.6 is 0 Å². The molecule has 0 radical (unpaired) electrons. The molecule has 4 nitrogen and oxygen atoms in total. The maximum absolute atomic E-state index is 13.1. The highest BCUT2D eigenvalue weighted by Gasteiger charge is 2.20. The van der Waals surface area contributed by atoms with E-state index in [0.717, 1.165) is 112 Å². The second-order valence-corrected chi connectivity index (χ2v) is 15.8. The Morgan fingerprint density at radius 1 is 0.361 bits per heavy atom. The van der Waals surface area contributed by atoms with E-state index in [0.29, 0.717) is 0 Å². The minimum absolute atomic E-state index is 0.0996. The molecule has 0 saturated carbocycles. The Hall–Kier alpha value is -0.880. The van der Waals surface area contributed by atoms with Gasteiger partial charge in [-0.1, -0.05) is 102 Å². The highest BCUT2D eigenvalue weighted by molar-refractivity contribution is 7.90. The molecule has 2 aliphatic carbocycles. The molecule has 4 bridgehead atoms. The molecule has 0 N–H and O–H groups in total. The van der Waals surface area contributed by atoms with Crippen LogP contribution in [0.3, 0.4) is 0 Å². The third kappa shape index (κ3) is 11.2. The average Bonchev–Trinajstić information content (AvgIpc) is 2.81. The lowest BCUT2D eigenvalue weighted by molar-refractivity contribution is 0.549. The fourth-order valence-electron chi connectivity index (χ4n) is 5.89. The van der Waals surface area contributed by atoms with Crippen molar-refractivity contribution in [2.45, 2.75) is 140 Å². The molecule has 0 fully saturated rings. The summed E-state index contributed by atoms with van der Waals surface area (Å²) in [6, 6.07) is 4.18. The predicted molar refractivity (Wildman–Crippen MR) is 152 cm³/mol. The van der Waals surface area contributed by atoms with Crippen molar-refractivity contribution in [3.63, 3.8) is 0 Å². The third-order valence-electron chi connectivity index (χ3n) is 8.08. The van der Waals surface area contributed by atoms with Crippen molar-refractivity contribution >= 4 is 19.7 Å². The molecule has 1 aromatic rings. The van der Waals surface area contributed by atoms with Gasteiger partial charge in [0.1, 0.15) is 0 Å². The van der Waals surface area contributed by atoms with E-state index in [9.17, 15) is 16.8 Å². The standard InChI is InChI=1S/C30H50O4S2/c31-35(32)21-17-13-9-5-6-10-14-18-22-36(33,34)26-30-23-27-19-15-11-7-3-1-2-4-8-12-16-20-28(30)24-29(27)25-35/h23-24H,1-22,25-26H2. The molecule has 3 aliphatic rings. The average molecular weight is 539 g/mol. The summed E-state index contributed by atoms with van der Waals surface area (Å²) < 4.78 is 52.4. The Labute approximate surface area is 221 Å². The van der Waals surface area contributed by atoms with Gasteiger partial charge in [0.15, 0.2) is 19.7 Å². The lowest BCUT2D eigenvalue weighted by Crippen LogP contribution is -2.15. The minimum atomic E-state index is -3.18. The molecule has 0 unspecified atom stereocenters. The largest absolute Gasteiger partial charge is 0.228 e. The van der Waals surface area contributed by atoms with Crippen molar-refractivity contribution in [3.8, 4) is 0 Å². The fraction of sp³-hybridized carbons (Fsp3) is 0.800. The number of hydrogen-bond donors (Lipinski definition) is 0. The summed E-state index contributed by atoms with van der Waals surface area (Å²) in [7, 11) is -6.36. The van der Waals surface area contributed by atoms with Gasteiger partial charge in [-0.15, -0.1) is 0 Å².